The highest BCUT2D eigenvalue weighted by Gasteiger charge is 2.43. The molecule has 2 aromatic carbocycles. The van der Waals surface area contributed by atoms with E-state index in [0.717, 1.165) is 58.5 Å². The Balaban J connectivity index is 1.34. The van der Waals surface area contributed by atoms with E-state index in [2.05, 4.69) is 37.4 Å². The molecule has 0 radical (unpaired) electrons. The third-order valence-electron chi connectivity index (χ3n) is 15.6. The number of piperidine rings is 1. The molecule has 3 fully saturated rings. The van der Waals surface area contributed by atoms with Crippen LogP contribution in [0.5, 0.6) is 0 Å². The van der Waals surface area contributed by atoms with Crippen LogP contribution < -0.4 is 21.3 Å². The van der Waals surface area contributed by atoms with E-state index in [-0.39, 0.29) is 43.6 Å². The topological polar surface area (TPSA) is 195 Å². The van der Waals surface area contributed by atoms with Crippen LogP contribution in [0.3, 0.4) is 0 Å². The molecule has 1 saturated carbocycles. The van der Waals surface area contributed by atoms with Crippen molar-refractivity contribution in [2.45, 2.75) is 167 Å². The summed E-state index contributed by atoms with van der Waals surface area (Å²) < 4.78 is 2.10. The van der Waals surface area contributed by atoms with Crippen molar-refractivity contribution >= 4 is 63.0 Å². The van der Waals surface area contributed by atoms with Crippen molar-refractivity contribution in [1.29, 1.82) is 0 Å². The summed E-state index contributed by atoms with van der Waals surface area (Å²) in [5.74, 6) is -3.68. The second-order valence-electron chi connectivity index (χ2n) is 22.5. The van der Waals surface area contributed by atoms with Gasteiger partial charge in [0.2, 0.25) is 41.4 Å². The van der Waals surface area contributed by atoms with E-state index in [1.807, 2.05) is 102 Å². The number of fused-ring (bicyclic) bond motifs is 4. The minimum Gasteiger partial charge on any atom is -0.343 e. The number of allylic oxidation sites excluding steroid dienone is 1. The number of rotatable bonds is 12. The highest BCUT2D eigenvalue weighted by Crippen LogP contribution is 2.32. The SMILES string of the molecule is C=CC(C)(C)n1cc(C[C@@H]2NC(=O)[C@H](CC3CCCC3)NC(=O)[C@H](CC(C)C)N3CCC[C@@H](C3=O)N(C)C(=O)[C@H](C)NC(=O)[C@H](Cc3ccc4cnccc4c3)NC(=O)[C@H](CC(C)C)N(C)C2=O)c2ccccc21. The standard InChI is InChI=1S/C58H79N9O7/c1-11-58(7,8)67-34-42(43-19-14-15-20-47(43)67)32-46-56(73)65(10)49(27-35(2)3)53(70)61-45(31-39-22-23-41-33-59-25-24-40(41)29-39)51(68)60-37(6)55(72)64(9)48-21-16-26-66(57(48)74)50(28-36(4)5)54(71)62-44(52(69)63-46)30-38-17-12-13-18-38/h11,14-15,19-20,22-25,29,33-38,44-46,48-50H,1,12-13,16-18,21,26-28,30-32H2,2-10H3,(H,60,68)(H,61,70)(H,62,71)(H,63,69)/t37-,44-,45-,46-,48-,49-,50-/m0/s1. The molecule has 2 aromatic heterocycles. The Morgan fingerprint density at radius 2 is 1.35 bits per heavy atom. The average molecular weight is 1010 g/mol. The second-order valence-corrected chi connectivity index (χ2v) is 22.5. The fourth-order valence-electron chi connectivity index (χ4n) is 11.2. The number of amides is 7. The molecule has 0 unspecified atom stereocenters. The Labute approximate surface area is 436 Å². The first-order chi connectivity index (χ1) is 35.2. The Morgan fingerprint density at radius 1 is 0.703 bits per heavy atom. The van der Waals surface area contributed by atoms with Crippen LogP contribution in [0.2, 0.25) is 0 Å². The van der Waals surface area contributed by atoms with Gasteiger partial charge in [-0.15, -0.1) is 6.58 Å². The summed E-state index contributed by atoms with van der Waals surface area (Å²) in [6, 6.07) is 7.80. The number of hydrogen-bond acceptors (Lipinski definition) is 8. The van der Waals surface area contributed by atoms with Crippen LogP contribution in [0.4, 0.5) is 0 Å². The van der Waals surface area contributed by atoms with Gasteiger partial charge in [-0.05, 0) is 99.3 Å². The summed E-state index contributed by atoms with van der Waals surface area (Å²) in [4.78, 5) is 113. The largest absolute Gasteiger partial charge is 0.343 e. The van der Waals surface area contributed by atoms with E-state index in [1.165, 1.54) is 16.8 Å². The Kier molecular flexibility index (Phi) is 17.7. The van der Waals surface area contributed by atoms with Gasteiger partial charge in [-0.3, -0.25) is 38.5 Å². The third-order valence-corrected chi connectivity index (χ3v) is 15.6. The molecule has 4 heterocycles. The van der Waals surface area contributed by atoms with Gasteiger partial charge in [-0.1, -0.05) is 95.9 Å². The minimum absolute atomic E-state index is 0.0227. The molecule has 7 atom stereocenters. The van der Waals surface area contributed by atoms with Crippen LogP contribution in [0.25, 0.3) is 21.7 Å². The number of carbonyl (C=O) groups excluding carboxylic acids is 7. The predicted molar refractivity (Wildman–Crippen MR) is 287 cm³/mol. The molecule has 4 N–H and O–H groups in total. The van der Waals surface area contributed by atoms with Crippen molar-refractivity contribution in [1.82, 2.24) is 45.5 Å². The van der Waals surface area contributed by atoms with E-state index in [1.54, 1.807) is 31.3 Å². The van der Waals surface area contributed by atoms with Gasteiger partial charge in [-0.2, -0.15) is 0 Å². The first-order valence-corrected chi connectivity index (χ1v) is 26.8. The molecule has 0 spiro atoms. The molecular weight excluding hydrogens is 935 g/mol. The van der Waals surface area contributed by atoms with Gasteiger partial charge in [0.05, 0.1) is 5.54 Å². The number of aromatic nitrogens is 2. The molecule has 398 valence electrons. The Morgan fingerprint density at radius 3 is 2.05 bits per heavy atom. The van der Waals surface area contributed by atoms with Crippen LogP contribution >= 0.6 is 0 Å². The molecule has 1 aliphatic carbocycles. The summed E-state index contributed by atoms with van der Waals surface area (Å²) in [6.45, 7) is 17.8. The molecule has 74 heavy (non-hydrogen) atoms. The van der Waals surface area contributed by atoms with Gasteiger partial charge in [0.1, 0.15) is 42.3 Å². The fourth-order valence-corrected chi connectivity index (χ4v) is 11.2. The number of pyridine rings is 1. The monoisotopic (exact) mass is 1010 g/mol. The first kappa shape index (κ1) is 55.2. The molecule has 3 aliphatic rings. The van der Waals surface area contributed by atoms with Gasteiger partial charge in [0, 0.05) is 68.4 Å². The number of carbonyl (C=O) groups is 7. The number of para-hydroxylation sites is 1. The van der Waals surface area contributed by atoms with Crippen molar-refractivity contribution in [3.8, 4) is 0 Å². The zero-order valence-corrected chi connectivity index (χ0v) is 45.0. The van der Waals surface area contributed by atoms with Crippen LogP contribution in [-0.4, -0.2) is 129 Å². The minimum atomic E-state index is -1.22. The quantitative estimate of drug-likeness (QED) is 0.121. The lowest BCUT2D eigenvalue weighted by atomic mass is 9.94. The Bertz CT molecular complexity index is 2720. The smallest absolute Gasteiger partial charge is 0.246 e. The summed E-state index contributed by atoms with van der Waals surface area (Å²) in [5, 5.41) is 14.7. The molecule has 7 amide bonds. The van der Waals surface area contributed by atoms with Crippen molar-refractivity contribution < 1.29 is 33.6 Å². The Hall–Kier alpha value is -6.58. The summed E-state index contributed by atoms with van der Waals surface area (Å²) in [5.41, 5.74) is 1.90. The lowest BCUT2D eigenvalue weighted by molar-refractivity contribution is -0.153. The fraction of sp³-hybridized carbons (Fsp3) is 0.552. The zero-order chi connectivity index (χ0) is 53.6. The van der Waals surface area contributed by atoms with E-state index in [9.17, 15) is 19.2 Å². The lowest BCUT2D eigenvalue weighted by Gasteiger charge is -2.41. The van der Waals surface area contributed by atoms with Gasteiger partial charge in [0.15, 0.2) is 0 Å². The average Bonchev–Trinajstić information content (AvgIpc) is 4.03. The van der Waals surface area contributed by atoms with Gasteiger partial charge < -0.3 is 40.5 Å². The third kappa shape index (κ3) is 12.7. The van der Waals surface area contributed by atoms with Crippen molar-refractivity contribution in [2.75, 3.05) is 20.6 Å². The molecule has 16 heteroatoms. The normalized spacial score (nSPS) is 24.8. The molecule has 2 saturated heterocycles. The number of benzene rings is 2. The predicted octanol–water partition coefficient (Wildman–Crippen LogP) is 6.19. The summed E-state index contributed by atoms with van der Waals surface area (Å²) in [6.07, 6.45) is 12.8. The zero-order valence-electron chi connectivity index (χ0n) is 45.0. The number of nitrogens with zero attached hydrogens (tertiary/aromatic N) is 5. The molecule has 16 nitrogen and oxygen atoms in total. The van der Waals surface area contributed by atoms with E-state index in [4.69, 9.17) is 0 Å². The number of hydrogen-bond donors (Lipinski definition) is 4. The highest BCUT2D eigenvalue weighted by atomic mass is 16.2. The van der Waals surface area contributed by atoms with E-state index >= 15 is 14.4 Å². The summed E-state index contributed by atoms with van der Waals surface area (Å²) in [7, 11) is 3.08. The van der Waals surface area contributed by atoms with E-state index in [0.29, 0.717) is 25.7 Å². The van der Waals surface area contributed by atoms with Crippen LogP contribution in [0.15, 0.2) is 79.8 Å². The number of nitrogens with one attached hydrogen (secondary N) is 4. The van der Waals surface area contributed by atoms with Crippen molar-refractivity contribution in [2.24, 2.45) is 17.8 Å². The van der Waals surface area contributed by atoms with Gasteiger partial charge >= 0.3 is 0 Å². The maximum atomic E-state index is 15.5. The molecule has 2 aliphatic heterocycles. The molecule has 4 aromatic rings. The molecular formula is C58H79N9O7. The van der Waals surface area contributed by atoms with Gasteiger partial charge in [0.25, 0.3) is 0 Å². The summed E-state index contributed by atoms with van der Waals surface area (Å²) >= 11 is 0. The first-order valence-electron chi connectivity index (χ1n) is 26.8. The van der Waals surface area contributed by atoms with Gasteiger partial charge in [-0.25, -0.2) is 0 Å². The van der Waals surface area contributed by atoms with Crippen LogP contribution in [0, 0.1) is 17.8 Å². The van der Waals surface area contributed by atoms with Crippen molar-refractivity contribution in [3.05, 3.63) is 90.9 Å². The maximum Gasteiger partial charge on any atom is 0.246 e. The lowest BCUT2D eigenvalue weighted by Crippen LogP contribution is -2.62. The second kappa shape index (κ2) is 23.7. The maximum absolute atomic E-state index is 15.5. The number of likely N-dealkylation sites (N-methyl/N-ethyl adjacent to an activating group) is 2. The van der Waals surface area contributed by atoms with E-state index < -0.39 is 89.2 Å². The van der Waals surface area contributed by atoms with Crippen LogP contribution in [0.1, 0.15) is 117 Å². The van der Waals surface area contributed by atoms with Crippen LogP contribution in [-0.2, 0) is 51.9 Å². The molecule has 2 bridgehead atoms. The molecule has 7 rings (SSSR count). The highest BCUT2D eigenvalue weighted by molar-refractivity contribution is 5.99. The van der Waals surface area contributed by atoms with Crippen molar-refractivity contribution in [3.63, 3.8) is 0 Å².